The zero-order valence-electron chi connectivity index (χ0n) is 29.2. The van der Waals surface area contributed by atoms with Crippen LogP contribution in [0.15, 0.2) is 0 Å². The smallest absolute Gasteiger partial charge is 0.306 e. The quantitative estimate of drug-likeness (QED) is 0.0392. The highest BCUT2D eigenvalue weighted by Gasteiger charge is 2.19. The second-order valence-corrected chi connectivity index (χ2v) is 12.1. The maximum atomic E-state index is 12.4. The van der Waals surface area contributed by atoms with Gasteiger partial charge in [0.15, 0.2) is 6.10 Å². The van der Waals surface area contributed by atoms with Gasteiger partial charge in [0.1, 0.15) is 19.3 Å². The maximum absolute atomic E-state index is 12.4. The minimum Gasteiger partial charge on any atom is -0.462 e. The summed E-state index contributed by atoms with van der Waals surface area (Å²) in [6.07, 6.45) is 23.1. The van der Waals surface area contributed by atoms with Crippen LogP contribution in [0.4, 0.5) is 0 Å². The molecule has 0 radical (unpaired) electrons. The summed E-state index contributed by atoms with van der Waals surface area (Å²) in [6.45, 7) is 5.74. The van der Waals surface area contributed by atoms with Gasteiger partial charge in [-0.05, 0) is 19.3 Å². The Labute approximate surface area is 275 Å². The van der Waals surface area contributed by atoms with Gasteiger partial charge in [-0.25, -0.2) is 0 Å². The fourth-order valence-corrected chi connectivity index (χ4v) is 4.61. The first-order chi connectivity index (χ1) is 21.8. The van der Waals surface area contributed by atoms with Crippen molar-refractivity contribution in [1.82, 2.24) is 0 Å². The summed E-state index contributed by atoms with van der Waals surface area (Å²) >= 11 is 0. The molecular weight excluding hydrogens is 576 g/mol. The number of carbonyl (C=O) groups is 3. The maximum Gasteiger partial charge on any atom is 0.306 e. The van der Waals surface area contributed by atoms with E-state index in [1.807, 2.05) is 0 Å². The zero-order chi connectivity index (χ0) is 33.8. The molecule has 0 rings (SSSR count). The second kappa shape index (κ2) is 36.8. The third-order valence-electron chi connectivity index (χ3n) is 7.53. The van der Waals surface area contributed by atoms with Crippen molar-refractivity contribution in [3.8, 4) is 0 Å². The first-order valence-electron chi connectivity index (χ1n) is 18.2. The first kappa shape index (κ1) is 45.4. The normalized spacial score (nSPS) is 10.9. The summed E-state index contributed by atoms with van der Waals surface area (Å²) in [7, 11) is 0. The van der Waals surface area contributed by atoms with Crippen molar-refractivity contribution >= 4 is 17.9 Å². The molecule has 0 atom stereocenters. The van der Waals surface area contributed by atoms with Crippen LogP contribution in [0.1, 0.15) is 175 Å². The van der Waals surface area contributed by atoms with Crippen molar-refractivity contribution in [2.24, 2.45) is 0 Å². The van der Waals surface area contributed by atoms with E-state index < -0.39 is 12.2 Å². The lowest BCUT2D eigenvalue weighted by molar-refractivity contribution is -0.167. The van der Waals surface area contributed by atoms with Crippen LogP contribution >= 0.6 is 0 Å². The van der Waals surface area contributed by atoms with Gasteiger partial charge in [0.05, 0.1) is 13.2 Å². The molecule has 0 spiro atoms. The fraction of sp³-hybridized carbons (Fsp3) is 0.917. The van der Waals surface area contributed by atoms with Crippen LogP contribution in [-0.2, 0) is 28.6 Å². The topological polar surface area (TPSA) is 140 Å². The molecule has 0 aliphatic heterocycles. The highest BCUT2D eigenvalue weighted by Crippen LogP contribution is 2.12. The summed E-state index contributed by atoms with van der Waals surface area (Å²) in [5, 5.41) is 24.0. The van der Waals surface area contributed by atoms with Crippen molar-refractivity contribution in [3.05, 3.63) is 0 Å². The van der Waals surface area contributed by atoms with Crippen LogP contribution in [0.5, 0.6) is 0 Å². The highest BCUT2D eigenvalue weighted by molar-refractivity contribution is 5.71. The number of hydrogen-bond acceptors (Lipinski definition) is 9. The van der Waals surface area contributed by atoms with E-state index in [0.29, 0.717) is 19.3 Å². The SMILES string of the molecule is CCCCCCCCCC(=O)OCC(COC(=O)CCCCCCCCC)OC(=O)CCCCCCCCC.OCC(O)CO. The molecule has 45 heavy (non-hydrogen) atoms. The van der Waals surface area contributed by atoms with Crippen LogP contribution in [0, 0.1) is 0 Å². The van der Waals surface area contributed by atoms with Crippen molar-refractivity contribution in [2.45, 2.75) is 187 Å². The molecule has 0 aliphatic carbocycles. The summed E-state index contributed by atoms with van der Waals surface area (Å²) < 4.78 is 16.4. The number of aliphatic hydroxyl groups excluding tert-OH is 3. The largest absolute Gasteiger partial charge is 0.462 e. The molecule has 0 aromatic carbocycles. The van der Waals surface area contributed by atoms with E-state index in [0.717, 1.165) is 57.8 Å². The average molecular weight is 647 g/mol. The second-order valence-electron chi connectivity index (χ2n) is 12.1. The number of hydrogen-bond donors (Lipinski definition) is 3. The predicted octanol–water partition coefficient (Wildman–Crippen LogP) is 7.74. The Morgan fingerprint density at radius 3 is 1.04 bits per heavy atom. The number of aliphatic hydroxyl groups is 3. The molecule has 0 aromatic rings. The number of carbonyl (C=O) groups excluding carboxylic acids is 3. The summed E-state index contributed by atoms with van der Waals surface area (Å²) in [6, 6.07) is 0. The summed E-state index contributed by atoms with van der Waals surface area (Å²) in [4.78, 5) is 36.9. The Kier molecular flexibility index (Phi) is 37.1. The molecule has 268 valence electrons. The number of ether oxygens (including phenoxy) is 3. The molecule has 0 heterocycles. The van der Waals surface area contributed by atoms with Crippen molar-refractivity contribution in [3.63, 3.8) is 0 Å². The molecule has 0 amide bonds. The Bertz CT molecular complexity index is 618. The molecule has 0 fully saturated rings. The Balaban J connectivity index is 0. The van der Waals surface area contributed by atoms with E-state index in [1.54, 1.807) is 0 Å². The third-order valence-corrected chi connectivity index (χ3v) is 7.53. The van der Waals surface area contributed by atoms with Gasteiger partial charge < -0.3 is 29.5 Å². The van der Waals surface area contributed by atoms with E-state index in [9.17, 15) is 14.4 Å². The van der Waals surface area contributed by atoms with Gasteiger partial charge in [-0.1, -0.05) is 136 Å². The van der Waals surface area contributed by atoms with Crippen LogP contribution < -0.4 is 0 Å². The zero-order valence-corrected chi connectivity index (χ0v) is 29.2. The molecule has 0 unspecified atom stereocenters. The van der Waals surface area contributed by atoms with Crippen molar-refractivity contribution < 1.29 is 43.9 Å². The van der Waals surface area contributed by atoms with E-state index in [4.69, 9.17) is 29.5 Å². The molecule has 3 N–H and O–H groups in total. The van der Waals surface area contributed by atoms with E-state index in [-0.39, 0.29) is 44.3 Å². The van der Waals surface area contributed by atoms with E-state index in [2.05, 4.69) is 20.8 Å². The Morgan fingerprint density at radius 2 is 0.756 bits per heavy atom. The van der Waals surface area contributed by atoms with Gasteiger partial charge in [0.25, 0.3) is 0 Å². The third kappa shape index (κ3) is 36.6. The van der Waals surface area contributed by atoms with Gasteiger partial charge in [-0.15, -0.1) is 0 Å². The molecule has 9 nitrogen and oxygen atoms in total. The van der Waals surface area contributed by atoms with Crippen LogP contribution in [-0.4, -0.2) is 71.9 Å². The number of esters is 3. The standard InChI is InChI=1S/C33H62O6.C3H8O3/c1-4-7-10-13-16-19-22-25-31(34)37-28-30(39-33(36)27-24-21-18-15-12-9-6-3)29-38-32(35)26-23-20-17-14-11-8-5-2;4-1-3(6)2-5/h30H,4-29H2,1-3H3;3-6H,1-2H2. The van der Waals surface area contributed by atoms with Gasteiger partial charge in [-0.2, -0.15) is 0 Å². The summed E-state index contributed by atoms with van der Waals surface area (Å²) in [5.74, 6) is -0.892. The summed E-state index contributed by atoms with van der Waals surface area (Å²) in [5.41, 5.74) is 0. The Hall–Kier alpha value is -1.71. The lowest BCUT2D eigenvalue weighted by atomic mass is 10.1. The van der Waals surface area contributed by atoms with Crippen LogP contribution in [0.2, 0.25) is 0 Å². The predicted molar refractivity (Wildman–Crippen MR) is 180 cm³/mol. The highest BCUT2D eigenvalue weighted by atomic mass is 16.6. The van der Waals surface area contributed by atoms with E-state index >= 15 is 0 Å². The minimum atomic E-state index is -0.954. The number of unbranched alkanes of at least 4 members (excludes halogenated alkanes) is 18. The molecule has 0 aliphatic rings. The van der Waals surface area contributed by atoms with Crippen molar-refractivity contribution in [1.29, 1.82) is 0 Å². The first-order valence-corrected chi connectivity index (χ1v) is 18.2. The number of rotatable bonds is 31. The lowest BCUT2D eigenvalue weighted by Gasteiger charge is -2.18. The fourth-order valence-electron chi connectivity index (χ4n) is 4.61. The molecule has 0 saturated carbocycles. The molecule has 0 bridgehead atoms. The molecule has 0 saturated heterocycles. The van der Waals surface area contributed by atoms with E-state index in [1.165, 1.54) is 77.0 Å². The van der Waals surface area contributed by atoms with Crippen LogP contribution in [0.3, 0.4) is 0 Å². The Morgan fingerprint density at radius 1 is 0.467 bits per heavy atom. The van der Waals surface area contributed by atoms with Crippen LogP contribution in [0.25, 0.3) is 0 Å². The minimum absolute atomic E-state index is 0.0667. The van der Waals surface area contributed by atoms with Gasteiger partial charge in [-0.3, -0.25) is 14.4 Å². The van der Waals surface area contributed by atoms with Gasteiger partial charge in [0.2, 0.25) is 0 Å². The molecular formula is C36H70O9. The monoisotopic (exact) mass is 647 g/mol. The molecule has 9 heteroatoms. The van der Waals surface area contributed by atoms with Crippen molar-refractivity contribution in [2.75, 3.05) is 26.4 Å². The average Bonchev–Trinajstić information content (AvgIpc) is 3.04. The van der Waals surface area contributed by atoms with Gasteiger partial charge >= 0.3 is 17.9 Å². The molecule has 0 aromatic heterocycles. The lowest BCUT2D eigenvalue weighted by Crippen LogP contribution is -2.30. The van der Waals surface area contributed by atoms with Gasteiger partial charge in [0, 0.05) is 19.3 Å².